The maximum atomic E-state index is 14.3. The van der Waals surface area contributed by atoms with Gasteiger partial charge in [0.1, 0.15) is 10.3 Å². The number of hydrogen-bond donors (Lipinski definition) is 0. The van der Waals surface area contributed by atoms with Crippen molar-refractivity contribution in [3.05, 3.63) is 58.7 Å². The fourth-order valence-corrected chi connectivity index (χ4v) is 8.88. The Morgan fingerprint density at radius 1 is 1.18 bits per heavy atom. The zero-order valence-corrected chi connectivity index (χ0v) is 24.6. The van der Waals surface area contributed by atoms with Crippen LogP contribution in [0, 0.1) is 13.8 Å². The second kappa shape index (κ2) is 10.9. The number of rotatable bonds is 8. The number of fused-ring (bicyclic) bond motifs is 1. The molecule has 0 N–H and O–H groups in total. The van der Waals surface area contributed by atoms with Gasteiger partial charge in [-0.25, -0.2) is 13.4 Å². The minimum absolute atomic E-state index is 0.225. The van der Waals surface area contributed by atoms with Gasteiger partial charge in [-0.05, 0) is 61.7 Å². The summed E-state index contributed by atoms with van der Waals surface area (Å²) < 4.78 is 31.7. The summed E-state index contributed by atoms with van der Waals surface area (Å²) in [5.74, 6) is 0.0637. The van der Waals surface area contributed by atoms with Crippen molar-refractivity contribution in [3.8, 4) is 0 Å². The summed E-state index contributed by atoms with van der Waals surface area (Å²) in [6, 6.07) is 10.7. The van der Waals surface area contributed by atoms with Crippen molar-refractivity contribution in [1.82, 2.24) is 19.1 Å². The van der Waals surface area contributed by atoms with E-state index in [1.54, 1.807) is 22.4 Å². The van der Waals surface area contributed by atoms with E-state index in [2.05, 4.69) is 25.0 Å². The Morgan fingerprint density at radius 2 is 2.00 bits per heavy atom. The highest BCUT2D eigenvalue weighted by molar-refractivity contribution is 7.91. The summed E-state index contributed by atoms with van der Waals surface area (Å²) in [5, 5.41) is 6.92. The largest absolute Gasteiger partial charge is 0.285 e. The molecule has 202 valence electrons. The van der Waals surface area contributed by atoms with Crippen molar-refractivity contribution >= 4 is 54.0 Å². The van der Waals surface area contributed by atoms with Crippen LogP contribution in [0.25, 0.3) is 10.2 Å². The molecule has 1 saturated heterocycles. The van der Waals surface area contributed by atoms with Crippen LogP contribution in [0.15, 0.2) is 46.0 Å². The number of thiophene rings is 1. The zero-order chi connectivity index (χ0) is 27.0. The van der Waals surface area contributed by atoms with Crippen LogP contribution in [-0.2, 0) is 21.4 Å². The van der Waals surface area contributed by atoms with Crippen molar-refractivity contribution in [3.63, 3.8) is 0 Å². The van der Waals surface area contributed by atoms with Crippen LogP contribution in [0.5, 0.6) is 0 Å². The van der Waals surface area contributed by atoms with Gasteiger partial charge < -0.3 is 0 Å². The first-order chi connectivity index (χ1) is 18.2. The zero-order valence-electron chi connectivity index (χ0n) is 22.1. The van der Waals surface area contributed by atoms with Gasteiger partial charge in [-0.15, -0.1) is 11.3 Å². The van der Waals surface area contributed by atoms with E-state index in [1.807, 2.05) is 36.7 Å². The van der Waals surface area contributed by atoms with Crippen LogP contribution >= 0.6 is 22.7 Å². The van der Waals surface area contributed by atoms with Crippen LogP contribution in [0.3, 0.4) is 0 Å². The van der Waals surface area contributed by atoms with Crippen molar-refractivity contribution in [1.29, 1.82) is 0 Å². The molecule has 1 aliphatic rings. The molecule has 1 unspecified atom stereocenters. The van der Waals surface area contributed by atoms with Crippen LogP contribution in [0.4, 0.5) is 5.13 Å². The Morgan fingerprint density at radius 3 is 2.68 bits per heavy atom. The lowest BCUT2D eigenvalue weighted by molar-refractivity contribution is -0.123. The molecule has 1 aromatic carbocycles. The van der Waals surface area contributed by atoms with E-state index in [4.69, 9.17) is 4.98 Å². The topological polar surface area (TPSA) is 88.4 Å². The highest BCUT2D eigenvalue weighted by Crippen LogP contribution is 2.35. The summed E-state index contributed by atoms with van der Waals surface area (Å²) >= 11 is 2.66. The van der Waals surface area contributed by atoms with Crippen LogP contribution < -0.4 is 4.90 Å². The van der Waals surface area contributed by atoms with Gasteiger partial charge in [0.25, 0.3) is 10.0 Å². The number of anilines is 1. The monoisotopic (exact) mass is 571 g/mol. The maximum Gasteiger partial charge on any atom is 0.253 e. The van der Waals surface area contributed by atoms with Gasteiger partial charge in [0.2, 0.25) is 5.91 Å². The molecule has 0 spiro atoms. The van der Waals surface area contributed by atoms with Crippen molar-refractivity contribution in [2.75, 3.05) is 18.0 Å². The third kappa shape index (κ3) is 5.16. The van der Waals surface area contributed by atoms with Crippen molar-refractivity contribution in [2.24, 2.45) is 0 Å². The summed E-state index contributed by atoms with van der Waals surface area (Å²) in [4.78, 5) is 20.9. The Balaban J connectivity index is 1.54. The highest BCUT2D eigenvalue weighted by atomic mass is 32.2. The van der Waals surface area contributed by atoms with Crippen LogP contribution in [0.1, 0.15) is 56.0 Å². The van der Waals surface area contributed by atoms with E-state index in [-0.39, 0.29) is 16.0 Å². The number of carbonyl (C=O) groups excluding carboxylic acids is 1. The fraction of sp³-hybridized carbons (Fsp3) is 0.444. The summed E-state index contributed by atoms with van der Waals surface area (Å²) in [6.45, 7) is 9.38. The van der Waals surface area contributed by atoms with Crippen molar-refractivity contribution in [2.45, 2.75) is 69.7 Å². The molecule has 4 aromatic rings. The Labute approximate surface area is 232 Å². The number of thiazole rings is 1. The predicted molar refractivity (Wildman–Crippen MR) is 154 cm³/mol. The molecule has 0 saturated carbocycles. The van der Waals surface area contributed by atoms with E-state index in [9.17, 15) is 13.2 Å². The fourth-order valence-electron chi connectivity index (χ4n) is 5.08. The molecule has 0 aliphatic carbocycles. The molecule has 4 heterocycles. The average molecular weight is 572 g/mol. The van der Waals surface area contributed by atoms with Gasteiger partial charge in [0, 0.05) is 18.8 Å². The number of benzene rings is 1. The molecule has 8 nitrogen and oxygen atoms in total. The molecule has 1 aliphatic heterocycles. The Bertz CT molecular complexity index is 1540. The maximum absolute atomic E-state index is 14.3. The molecule has 0 radical (unpaired) electrons. The summed E-state index contributed by atoms with van der Waals surface area (Å²) in [7, 11) is -3.77. The number of hydrogen-bond acceptors (Lipinski definition) is 7. The Kier molecular flexibility index (Phi) is 7.72. The first kappa shape index (κ1) is 27.0. The van der Waals surface area contributed by atoms with Gasteiger partial charge in [0.05, 0.1) is 22.5 Å². The molecule has 1 atom stereocenters. The van der Waals surface area contributed by atoms with Gasteiger partial charge in [0.15, 0.2) is 5.13 Å². The van der Waals surface area contributed by atoms with Crippen LogP contribution in [-0.4, -0.2) is 52.5 Å². The van der Waals surface area contributed by atoms with E-state index in [0.29, 0.717) is 31.2 Å². The lowest BCUT2D eigenvalue weighted by Gasteiger charge is -2.35. The second-order valence-electron chi connectivity index (χ2n) is 10.0. The SMILES string of the molecule is Cc1cc(C)n(CCN(C(=O)C2CCCCN2S(=O)(=O)c2cccs2)c2nc3c(C(C)C)cccc3s2)n1. The summed E-state index contributed by atoms with van der Waals surface area (Å²) in [6.07, 6.45) is 2.02. The molecule has 38 heavy (non-hydrogen) atoms. The molecule has 5 rings (SSSR count). The highest BCUT2D eigenvalue weighted by Gasteiger charge is 2.40. The minimum atomic E-state index is -3.77. The number of para-hydroxylation sites is 1. The third-order valence-corrected chi connectivity index (χ3v) is 11.3. The third-order valence-electron chi connectivity index (χ3n) is 6.99. The number of amides is 1. The predicted octanol–water partition coefficient (Wildman–Crippen LogP) is 5.57. The average Bonchev–Trinajstić information content (AvgIpc) is 3.64. The first-order valence-electron chi connectivity index (χ1n) is 12.9. The minimum Gasteiger partial charge on any atom is -0.285 e. The number of sulfonamides is 1. The van der Waals surface area contributed by atoms with E-state index in [1.165, 1.54) is 27.0 Å². The lowest BCUT2D eigenvalue weighted by Crippen LogP contribution is -2.53. The Hall–Kier alpha value is -2.60. The number of nitrogens with zero attached hydrogens (tertiary/aromatic N) is 5. The normalized spacial score (nSPS) is 16.9. The van der Waals surface area contributed by atoms with Crippen molar-refractivity contribution < 1.29 is 13.2 Å². The molecule has 3 aromatic heterocycles. The number of carbonyl (C=O) groups is 1. The van der Waals surface area contributed by atoms with Gasteiger partial charge in [-0.1, -0.05) is 49.8 Å². The molecular formula is C27H33N5O3S3. The standard InChI is InChI=1S/C27H33N5O3S3/c1-18(2)21-9-7-11-23-25(21)28-27(37-23)30(14-15-31-20(4)17-19(3)29-31)26(33)22-10-5-6-13-32(22)38(34,35)24-12-8-16-36-24/h7-9,11-12,16-18,22H,5-6,10,13-15H2,1-4H3. The molecule has 1 fully saturated rings. The smallest absolute Gasteiger partial charge is 0.253 e. The summed E-state index contributed by atoms with van der Waals surface area (Å²) in [5.41, 5.74) is 3.97. The quantitative estimate of drug-likeness (QED) is 0.276. The number of piperidine rings is 1. The number of aromatic nitrogens is 3. The van der Waals surface area contributed by atoms with Gasteiger partial charge in [-0.3, -0.25) is 14.4 Å². The molecular weight excluding hydrogens is 539 g/mol. The lowest BCUT2D eigenvalue weighted by atomic mass is 10.0. The van der Waals surface area contributed by atoms with E-state index >= 15 is 0 Å². The second-order valence-corrected chi connectivity index (χ2v) is 14.1. The van der Waals surface area contributed by atoms with Gasteiger partial charge >= 0.3 is 0 Å². The van der Waals surface area contributed by atoms with Crippen LogP contribution in [0.2, 0.25) is 0 Å². The van der Waals surface area contributed by atoms with E-state index in [0.717, 1.165) is 40.0 Å². The first-order valence-corrected chi connectivity index (χ1v) is 16.1. The molecule has 1 amide bonds. The number of aryl methyl sites for hydroxylation is 2. The molecule has 0 bridgehead atoms. The molecule has 11 heteroatoms. The van der Waals surface area contributed by atoms with Gasteiger partial charge in [-0.2, -0.15) is 9.40 Å². The van der Waals surface area contributed by atoms with E-state index < -0.39 is 16.1 Å².